The molecule has 1 aliphatic rings. The number of sulfone groups is 1. The van der Waals surface area contributed by atoms with Gasteiger partial charge in [-0.3, -0.25) is 0 Å². The molecule has 0 aromatic carbocycles. The van der Waals surface area contributed by atoms with Crippen molar-refractivity contribution in [3.63, 3.8) is 0 Å². The summed E-state index contributed by atoms with van der Waals surface area (Å²) in [5, 5.41) is 5.50. The van der Waals surface area contributed by atoms with Crippen LogP contribution in [0.15, 0.2) is 11.6 Å². The summed E-state index contributed by atoms with van der Waals surface area (Å²) in [5.41, 5.74) is 0. The Morgan fingerprint density at radius 1 is 1.64 bits per heavy atom. The van der Waals surface area contributed by atoms with Crippen molar-refractivity contribution in [2.75, 3.05) is 17.6 Å². The van der Waals surface area contributed by atoms with Gasteiger partial charge in [0.1, 0.15) is 0 Å². The van der Waals surface area contributed by atoms with E-state index in [9.17, 15) is 8.42 Å². The highest BCUT2D eigenvalue weighted by Crippen LogP contribution is 2.21. The molecule has 1 unspecified atom stereocenters. The highest BCUT2D eigenvalue weighted by molar-refractivity contribution is 7.92. The Hall–Kier alpha value is -0.620. The van der Waals surface area contributed by atoms with Gasteiger partial charge in [0.15, 0.2) is 15.0 Å². The first kappa shape index (κ1) is 9.92. The largest absolute Gasteiger partial charge is 0.360 e. The number of hydrogen-bond acceptors (Lipinski definition) is 5. The van der Waals surface area contributed by atoms with Gasteiger partial charge in [-0.15, -0.1) is 11.3 Å². The van der Waals surface area contributed by atoms with E-state index >= 15 is 0 Å². The molecule has 1 aromatic rings. The van der Waals surface area contributed by atoms with Gasteiger partial charge in [-0.05, 0) is 12.8 Å². The van der Waals surface area contributed by atoms with Crippen molar-refractivity contribution in [3.05, 3.63) is 11.6 Å². The summed E-state index contributed by atoms with van der Waals surface area (Å²) in [5.74, 6) is 0.344. The lowest BCUT2D eigenvalue weighted by Crippen LogP contribution is -2.24. The van der Waals surface area contributed by atoms with Gasteiger partial charge < -0.3 is 5.32 Å². The average molecular weight is 232 g/mol. The lowest BCUT2D eigenvalue weighted by atomic mass is 10.2. The molecule has 1 atom stereocenters. The van der Waals surface area contributed by atoms with Gasteiger partial charge in [-0.25, -0.2) is 13.4 Å². The predicted molar refractivity (Wildman–Crippen MR) is 57.4 cm³/mol. The maximum atomic E-state index is 11.5. The number of nitrogens with one attached hydrogen (secondary N) is 1. The number of nitrogens with zero attached hydrogens (tertiary/aromatic N) is 1. The van der Waals surface area contributed by atoms with Gasteiger partial charge in [-0.1, -0.05) is 0 Å². The van der Waals surface area contributed by atoms with Crippen LogP contribution in [0.3, 0.4) is 0 Å². The summed E-state index contributed by atoms with van der Waals surface area (Å²) in [6, 6.07) is 0. The third kappa shape index (κ3) is 2.06. The SMILES string of the molecule is O=S1(=O)CCCC1CNc1nccs1. The molecule has 1 aliphatic heterocycles. The second kappa shape index (κ2) is 3.86. The lowest BCUT2D eigenvalue weighted by molar-refractivity contribution is 0.591. The first-order chi connectivity index (χ1) is 6.68. The molecule has 1 saturated heterocycles. The van der Waals surface area contributed by atoms with Gasteiger partial charge in [0.2, 0.25) is 0 Å². The topological polar surface area (TPSA) is 59.1 Å². The van der Waals surface area contributed by atoms with E-state index in [0.29, 0.717) is 12.3 Å². The third-order valence-corrected chi connectivity index (χ3v) is 5.38. The first-order valence-electron chi connectivity index (χ1n) is 4.53. The van der Waals surface area contributed by atoms with Crippen molar-refractivity contribution in [3.8, 4) is 0 Å². The van der Waals surface area contributed by atoms with Gasteiger partial charge in [-0.2, -0.15) is 0 Å². The Labute approximate surface area is 87.3 Å². The molecule has 1 fully saturated rings. The summed E-state index contributed by atoms with van der Waals surface area (Å²) in [6.45, 7) is 0.496. The molecule has 0 saturated carbocycles. The molecule has 0 aliphatic carbocycles. The van der Waals surface area contributed by atoms with E-state index in [-0.39, 0.29) is 5.25 Å². The molecule has 0 bridgehead atoms. The van der Waals surface area contributed by atoms with Crippen molar-refractivity contribution in [1.29, 1.82) is 0 Å². The van der Waals surface area contributed by atoms with Crippen LogP contribution in [0.5, 0.6) is 0 Å². The zero-order chi connectivity index (χ0) is 10.0. The van der Waals surface area contributed by atoms with Crippen molar-refractivity contribution >= 4 is 26.3 Å². The van der Waals surface area contributed by atoms with Crippen LogP contribution in [0.2, 0.25) is 0 Å². The molecule has 1 N–H and O–H groups in total. The molecule has 78 valence electrons. The average Bonchev–Trinajstić information content (AvgIpc) is 2.71. The van der Waals surface area contributed by atoms with Crippen LogP contribution in [-0.4, -0.2) is 30.9 Å². The van der Waals surface area contributed by atoms with E-state index in [1.807, 2.05) is 5.38 Å². The number of aromatic nitrogens is 1. The smallest absolute Gasteiger partial charge is 0.182 e. The number of anilines is 1. The Morgan fingerprint density at radius 2 is 2.50 bits per heavy atom. The molecule has 4 nitrogen and oxygen atoms in total. The Kier molecular flexibility index (Phi) is 2.73. The normalized spacial score (nSPS) is 25.0. The minimum Gasteiger partial charge on any atom is -0.360 e. The molecular formula is C8H12N2O2S2. The molecule has 6 heteroatoms. The molecule has 2 rings (SSSR count). The minimum atomic E-state index is -2.83. The van der Waals surface area contributed by atoms with E-state index in [1.165, 1.54) is 11.3 Å². The van der Waals surface area contributed by atoms with Crippen LogP contribution >= 0.6 is 11.3 Å². The van der Waals surface area contributed by atoms with Gasteiger partial charge in [0, 0.05) is 18.1 Å². The summed E-state index contributed by atoms with van der Waals surface area (Å²) in [7, 11) is -2.83. The van der Waals surface area contributed by atoms with E-state index in [1.54, 1.807) is 6.20 Å². The predicted octanol–water partition coefficient (Wildman–Crippen LogP) is 1.13. The van der Waals surface area contributed by atoms with Crippen LogP contribution in [-0.2, 0) is 9.84 Å². The quantitative estimate of drug-likeness (QED) is 0.848. The zero-order valence-corrected chi connectivity index (χ0v) is 9.27. The summed E-state index contributed by atoms with van der Waals surface area (Å²) < 4.78 is 22.9. The second-order valence-corrected chi connectivity index (χ2v) is 6.64. The van der Waals surface area contributed by atoms with Gasteiger partial charge in [0.25, 0.3) is 0 Å². The van der Waals surface area contributed by atoms with Crippen LogP contribution < -0.4 is 5.32 Å². The van der Waals surface area contributed by atoms with Crippen LogP contribution in [0.1, 0.15) is 12.8 Å². The lowest BCUT2D eigenvalue weighted by Gasteiger charge is -2.09. The first-order valence-corrected chi connectivity index (χ1v) is 7.13. The van der Waals surface area contributed by atoms with E-state index in [4.69, 9.17) is 0 Å². The summed E-state index contributed by atoms with van der Waals surface area (Å²) >= 11 is 1.49. The van der Waals surface area contributed by atoms with Crippen molar-refractivity contribution in [2.24, 2.45) is 0 Å². The molecule has 0 radical (unpaired) electrons. The van der Waals surface area contributed by atoms with Crippen molar-refractivity contribution in [1.82, 2.24) is 4.98 Å². The summed E-state index contributed by atoms with van der Waals surface area (Å²) in [4.78, 5) is 4.04. The molecular weight excluding hydrogens is 220 g/mol. The van der Waals surface area contributed by atoms with Crippen LogP contribution in [0, 0.1) is 0 Å². The molecule has 14 heavy (non-hydrogen) atoms. The molecule has 2 heterocycles. The molecule has 0 spiro atoms. The van der Waals surface area contributed by atoms with Gasteiger partial charge >= 0.3 is 0 Å². The standard InChI is InChI=1S/C8H12N2O2S2/c11-14(12)5-1-2-7(14)6-10-8-9-3-4-13-8/h3-4,7H,1-2,5-6H2,(H,9,10). The van der Waals surface area contributed by atoms with Crippen molar-refractivity contribution in [2.45, 2.75) is 18.1 Å². The summed E-state index contributed by atoms with van der Waals surface area (Å²) in [6.07, 6.45) is 3.28. The monoisotopic (exact) mass is 232 g/mol. The second-order valence-electron chi connectivity index (χ2n) is 3.35. The zero-order valence-electron chi connectivity index (χ0n) is 7.64. The van der Waals surface area contributed by atoms with Crippen molar-refractivity contribution < 1.29 is 8.42 Å². The molecule has 0 amide bonds. The van der Waals surface area contributed by atoms with Crippen LogP contribution in [0.25, 0.3) is 0 Å². The van der Waals surface area contributed by atoms with E-state index in [2.05, 4.69) is 10.3 Å². The van der Waals surface area contributed by atoms with E-state index < -0.39 is 9.84 Å². The fourth-order valence-corrected chi connectivity index (χ4v) is 3.90. The number of rotatable bonds is 3. The number of hydrogen-bond donors (Lipinski definition) is 1. The Balaban J connectivity index is 1.93. The Morgan fingerprint density at radius 3 is 3.07 bits per heavy atom. The minimum absolute atomic E-state index is 0.216. The maximum absolute atomic E-state index is 11.5. The highest BCUT2D eigenvalue weighted by Gasteiger charge is 2.30. The number of thiazole rings is 1. The third-order valence-electron chi connectivity index (χ3n) is 2.38. The fourth-order valence-electron chi connectivity index (χ4n) is 1.60. The molecule has 1 aromatic heterocycles. The Bertz CT molecular complexity index is 385. The highest BCUT2D eigenvalue weighted by atomic mass is 32.2. The van der Waals surface area contributed by atoms with E-state index in [0.717, 1.165) is 18.0 Å². The van der Waals surface area contributed by atoms with Gasteiger partial charge in [0.05, 0.1) is 11.0 Å². The van der Waals surface area contributed by atoms with Crippen LogP contribution in [0.4, 0.5) is 5.13 Å². The maximum Gasteiger partial charge on any atom is 0.182 e. The fraction of sp³-hybridized carbons (Fsp3) is 0.625.